The van der Waals surface area contributed by atoms with E-state index < -0.39 is 0 Å². The van der Waals surface area contributed by atoms with Gasteiger partial charge < -0.3 is 9.80 Å². The number of benzene rings is 1. The molecule has 8 heteroatoms. The van der Waals surface area contributed by atoms with Gasteiger partial charge in [-0.3, -0.25) is 14.5 Å². The van der Waals surface area contributed by atoms with Crippen molar-refractivity contribution < 1.29 is 9.59 Å². The van der Waals surface area contributed by atoms with E-state index in [1.165, 1.54) is 0 Å². The molecule has 1 atom stereocenters. The summed E-state index contributed by atoms with van der Waals surface area (Å²) in [7, 11) is 0. The van der Waals surface area contributed by atoms with Gasteiger partial charge in [0.1, 0.15) is 0 Å². The molecule has 0 N–H and O–H groups in total. The second kappa shape index (κ2) is 8.43. The lowest BCUT2D eigenvalue weighted by Gasteiger charge is -2.35. The van der Waals surface area contributed by atoms with Gasteiger partial charge in [0.2, 0.25) is 11.8 Å². The standard InChI is InChI=1S/C23H24BrN5O2/c24-18-4-3-6-20(13-18)28-15-17(12-22(28)30)23(31)27-10-8-26(9-11-27)16-19-14-21-5-1-2-7-29(21)25-19/h1-7,13-14,17H,8-12,15-16H2. The highest BCUT2D eigenvalue weighted by Crippen LogP contribution is 2.28. The maximum atomic E-state index is 13.1. The molecule has 0 saturated carbocycles. The van der Waals surface area contributed by atoms with Crippen molar-refractivity contribution >= 4 is 38.9 Å². The van der Waals surface area contributed by atoms with Crippen molar-refractivity contribution in [3.63, 3.8) is 0 Å². The van der Waals surface area contributed by atoms with Gasteiger partial charge in [0.05, 0.1) is 17.1 Å². The van der Waals surface area contributed by atoms with Crippen LogP contribution in [0.4, 0.5) is 5.69 Å². The van der Waals surface area contributed by atoms with Gasteiger partial charge in [0.15, 0.2) is 0 Å². The summed E-state index contributed by atoms with van der Waals surface area (Å²) in [6.45, 7) is 4.24. The first-order valence-corrected chi connectivity index (χ1v) is 11.4. The topological polar surface area (TPSA) is 61.2 Å². The molecule has 2 aromatic heterocycles. The average Bonchev–Trinajstić information content (AvgIpc) is 3.36. The Labute approximate surface area is 189 Å². The molecule has 2 aliphatic heterocycles. The summed E-state index contributed by atoms with van der Waals surface area (Å²) < 4.78 is 2.82. The number of nitrogens with zero attached hydrogens (tertiary/aromatic N) is 5. The molecule has 2 amide bonds. The van der Waals surface area contributed by atoms with Crippen molar-refractivity contribution in [2.75, 3.05) is 37.6 Å². The first-order valence-electron chi connectivity index (χ1n) is 10.6. The minimum absolute atomic E-state index is 0.0157. The molecule has 160 valence electrons. The zero-order chi connectivity index (χ0) is 21.4. The molecular formula is C23H24BrN5O2. The lowest BCUT2D eigenvalue weighted by Crippen LogP contribution is -2.50. The Morgan fingerprint density at radius 2 is 1.90 bits per heavy atom. The number of anilines is 1. The molecule has 31 heavy (non-hydrogen) atoms. The van der Waals surface area contributed by atoms with Gasteiger partial charge in [0.25, 0.3) is 0 Å². The van der Waals surface area contributed by atoms with E-state index in [-0.39, 0.29) is 24.2 Å². The fraction of sp³-hybridized carbons (Fsp3) is 0.348. The molecular weight excluding hydrogens is 458 g/mol. The predicted octanol–water partition coefficient (Wildman–Crippen LogP) is 2.79. The number of hydrogen-bond donors (Lipinski definition) is 0. The average molecular weight is 482 g/mol. The quantitative estimate of drug-likeness (QED) is 0.574. The second-order valence-electron chi connectivity index (χ2n) is 8.19. The van der Waals surface area contributed by atoms with Crippen LogP contribution in [0.25, 0.3) is 5.52 Å². The Kier molecular flexibility index (Phi) is 5.50. The Morgan fingerprint density at radius 3 is 2.68 bits per heavy atom. The van der Waals surface area contributed by atoms with Gasteiger partial charge in [-0.1, -0.05) is 28.1 Å². The van der Waals surface area contributed by atoms with Crippen molar-refractivity contribution in [1.29, 1.82) is 0 Å². The van der Waals surface area contributed by atoms with Crippen LogP contribution in [-0.4, -0.2) is 64.0 Å². The fourth-order valence-electron chi connectivity index (χ4n) is 4.45. The number of pyridine rings is 1. The number of piperazine rings is 1. The maximum absolute atomic E-state index is 13.1. The van der Waals surface area contributed by atoms with Crippen LogP contribution in [0, 0.1) is 5.92 Å². The molecule has 0 aliphatic carbocycles. The zero-order valence-corrected chi connectivity index (χ0v) is 18.7. The molecule has 7 nitrogen and oxygen atoms in total. The normalized spacial score (nSPS) is 20.0. The van der Waals surface area contributed by atoms with E-state index in [0.717, 1.165) is 41.0 Å². The Hall–Kier alpha value is -2.71. The van der Waals surface area contributed by atoms with Gasteiger partial charge in [-0.15, -0.1) is 0 Å². The van der Waals surface area contributed by atoms with E-state index >= 15 is 0 Å². The molecule has 0 bridgehead atoms. The van der Waals surface area contributed by atoms with Gasteiger partial charge in [0, 0.05) is 62.0 Å². The molecule has 2 aliphatic rings. The SMILES string of the molecule is O=C(C1CC(=O)N(c2cccc(Br)c2)C1)N1CCN(Cc2cc3ccccn3n2)CC1. The van der Waals surface area contributed by atoms with Gasteiger partial charge in [-0.25, -0.2) is 4.52 Å². The lowest BCUT2D eigenvalue weighted by atomic mass is 10.1. The summed E-state index contributed by atoms with van der Waals surface area (Å²) in [5, 5.41) is 4.62. The summed E-state index contributed by atoms with van der Waals surface area (Å²) in [6.07, 6.45) is 2.24. The number of rotatable bonds is 4. The van der Waals surface area contributed by atoms with E-state index in [0.29, 0.717) is 19.6 Å². The summed E-state index contributed by atoms with van der Waals surface area (Å²) in [5.74, 6) is -0.156. The van der Waals surface area contributed by atoms with Crippen molar-refractivity contribution in [3.05, 3.63) is 64.9 Å². The maximum Gasteiger partial charge on any atom is 0.228 e. The van der Waals surface area contributed by atoms with Gasteiger partial charge in [-0.2, -0.15) is 5.10 Å². The monoisotopic (exact) mass is 481 g/mol. The van der Waals surface area contributed by atoms with Crippen LogP contribution in [-0.2, 0) is 16.1 Å². The predicted molar refractivity (Wildman–Crippen MR) is 122 cm³/mol. The van der Waals surface area contributed by atoms with Crippen LogP contribution in [0.15, 0.2) is 59.2 Å². The molecule has 4 heterocycles. The van der Waals surface area contributed by atoms with E-state index in [1.54, 1.807) is 4.90 Å². The highest BCUT2D eigenvalue weighted by Gasteiger charge is 2.38. The third-order valence-electron chi connectivity index (χ3n) is 6.08. The minimum Gasteiger partial charge on any atom is -0.340 e. The minimum atomic E-state index is -0.267. The van der Waals surface area contributed by atoms with Crippen molar-refractivity contribution in [1.82, 2.24) is 19.4 Å². The third kappa shape index (κ3) is 4.22. The molecule has 3 aromatic rings. The Morgan fingerprint density at radius 1 is 1.06 bits per heavy atom. The third-order valence-corrected chi connectivity index (χ3v) is 6.58. The Bertz CT molecular complexity index is 1090. The number of fused-ring (bicyclic) bond motifs is 1. The van der Waals surface area contributed by atoms with Crippen LogP contribution >= 0.6 is 15.9 Å². The summed E-state index contributed by atoms with van der Waals surface area (Å²) in [4.78, 5) is 31.6. The van der Waals surface area contributed by atoms with E-state index in [1.807, 2.05) is 58.1 Å². The van der Waals surface area contributed by atoms with Crippen molar-refractivity contribution in [3.8, 4) is 0 Å². The molecule has 2 saturated heterocycles. The molecule has 5 rings (SSSR count). The van der Waals surface area contributed by atoms with Crippen molar-refractivity contribution in [2.24, 2.45) is 5.92 Å². The number of carbonyl (C=O) groups is 2. The zero-order valence-electron chi connectivity index (χ0n) is 17.2. The molecule has 1 aromatic carbocycles. The van der Waals surface area contributed by atoms with Crippen LogP contribution < -0.4 is 4.90 Å². The van der Waals surface area contributed by atoms with Gasteiger partial charge >= 0.3 is 0 Å². The summed E-state index contributed by atoms with van der Waals surface area (Å²) >= 11 is 3.45. The summed E-state index contributed by atoms with van der Waals surface area (Å²) in [6, 6.07) is 15.8. The molecule has 0 spiro atoms. The van der Waals surface area contributed by atoms with E-state index in [9.17, 15) is 9.59 Å². The summed E-state index contributed by atoms with van der Waals surface area (Å²) in [5.41, 5.74) is 2.97. The number of hydrogen-bond acceptors (Lipinski definition) is 4. The molecule has 1 unspecified atom stereocenters. The first kappa shape index (κ1) is 20.2. The number of aromatic nitrogens is 2. The fourth-order valence-corrected chi connectivity index (χ4v) is 4.84. The molecule has 2 fully saturated rings. The van der Waals surface area contributed by atoms with Crippen LogP contribution in [0.5, 0.6) is 0 Å². The van der Waals surface area contributed by atoms with Crippen LogP contribution in [0.2, 0.25) is 0 Å². The van der Waals surface area contributed by atoms with E-state index in [4.69, 9.17) is 0 Å². The lowest BCUT2D eigenvalue weighted by molar-refractivity contribution is -0.137. The van der Waals surface area contributed by atoms with Crippen LogP contribution in [0.1, 0.15) is 12.1 Å². The Balaban J connectivity index is 1.17. The van der Waals surface area contributed by atoms with Crippen LogP contribution in [0.3, 0.4) is 0 Å². The smallest absolute Gasteiger partial charge is 0.228 e. The number of amides is 2. The highest BCUT2D eigenvalue weighted by atomic mass is 79.9. The van der Waals surface area contributed by atoms with Crippen molar-refractivity contribution in [2.45, 2.75) is 13.0 Å². The highest BCUT2D eigenvalue weighted by molar-refractivity contribution is 9.10. The second-order valence-corrected chi connectivity index (χ2v) is 9.11. The number of halogens is 1. The number of carbonyl (C=O) groups excluding carboxylic acids is 2. The van der Waals surface area contributed by atoms with E-state index in [2.05, 4.69) is 32.0 Å². The molecule has 0 radical (unpaired) electrons. The first-order chi connectivity index (χ1) is 15.1. The largest absolute Gasteiger partial charge is 0.340 e. The van der Waals surface area contributed by atoms with Gasteiger partial charge in [-0.05, 0) is 36.4 Å².